The average molecular weight is 217 g/mol. The number of anilines is 2. The van der Waals surface area contributed by atoms with Gasteiger partial charge in [-0.05, 0) is 25.0 Å². The van der Waals surface area contributed by atoms with E-state index in [9.17, 15) is 0 Å². The number of para-hydroxylation sites is 1. The van der Waals surface area contributed by atoms with E-state index in [1.807, 2.05) is 12.1 Å². The maximum absolute atomic E-state index is 8.85. The predicted molar refractivity (Wildman–Crippen MR) is 63.0 cm³/mol. The molecule has 1 aromatic carbocycles. The highest BCUT2D eigenvalue weighted by molar-refractivity contribution is 5.73. The van der Waals surface area contributed by atoms with Gasteiger partial charge in [0.2, 0.25) is 0 Å². The van der Waals surface area contributed by atoms with Gasteiger partial charge >= 0.3 is 0 Å². The van der Waals surface area contributed by atoms with E-state index < -0.39 is 0 Å². The van der Waals surface area contributed by atoms with Crippen LogP contribution in [0, 0.1) is 11.3 Å². The van der Waals surface area contributed by atoms with Crippen LogP contribution in [0.4, 0.5) is 11.4 Å². The van der Waals surface area contributed by atoms with E-state index in [2.05, 4.69) is 11.4 Å². The van der Waals surface area contributed by atoms with Crippen LogP contribution >= 0.6 is 0 Å². The highest BCUT2D eigenvalue weighted by Crippen LogP contribution is 2.29. The molecule has 0 atom stereocenters. The number of nitrogen functional groups attached to an aromatic ring is 1. The first kappa shape index (κ1) is 10.8. The quantitative estimate of drug-likeness (QED) is 0.756. The number of nitriles is 1. The van der Waals surface area contributed by atoms with Crippen molar-refractivity contribution in [3.05, 3.63) is 23.8 Å². The van der Waals surface area contributed by atoms with Crippen molar-refractivity contribution in [3.8, 4) is 6.07 Å². The third-order valence-corrected chi connectivity index (χ3v) is 3.01. The van der Waals surface area contributed by atoms with Gasteiger partial charge < -0.3 is 15.8 Å². The van der Waals surface area contributed by atoms with Crippen molar-refractivity contribution in [1.29, 1.82) is 5.26 Å². The van der Waals surface area contributed by atoms with Crippen LogP contribution in [0.15, 0.2) is 18.2 Å². The van der Waals surface area contributed by atoms with Gasteiger partial charge in [0.25, 0.3) is 0 Å². The molecule has 0 amide bonds. The van der Waals surface area contributed by atoms with Crippen molar-refractivity contribution in [2.24, 2.45) is 0 Å². The summed E-state index contributed by atoms with van der Waals surface area (Å²) in [4.78, 5) is 0. The van der Waals surface area contributed by atoms with Crippen LogP contribution in [0.3, 0.4) is 0 Å². The van der Waals surface area contributed by atoms with Gasteiger partial charge in [0.05, 0.1) is 23.0 Å². The summed E-state index contributed by atoms with van der Waals surface area (Å²) in [5.74, 6) is 0. The lowest BCUT2D eigenvalue weighted by atomic mass is 9.89. The van der Waals surface area contributed by atoms with Crippen molar-refractivity contribution >= 4 is 11.4 Å². The van der Waals surface area contributed by atoms with Crippen molar-refractivity contribution < 1.29 is 4.74 Å². The van der Waals surface area contributed by atoms with Gasteiger partial charge in [-0.2, -0.15) is 5.26 Å². The fraction of sp³-hybridized carbons (Fsp3) is 0.417. The lowest BCUT2D eigenvalue weighted by Crippen LogP contribution is -2.40. The molecule has 16 heavy (non-hydrogen) atoms. The molecule has 0 aromatic heterocycles. The molecule has 0 aliphatic heterocycles. The third-order valence-electron chi connectivity index (χ3n) is 3.01. The number of ether oxygens (including phenoxy) is 1. The van der Waals surface area contributed by atoms with E-state index in [0.717, 1.165) is 18.5 Å². The molecule has 0 saturated heterocycles. The highest BCUT2D eigenvalue weighted by Gasteiger charge is 2.29. The van der Waals surface area contributed by atoms with Crippen LogP contribution in [0.25, 0.3) is 0 Å². The summed E-state index contributed by atoms with van der Waals surface area (Å²) >= 11 is 0. The van der Waals surface area contributed by atoms with Crippen LogP contribution in [0.5, 0.6) is 0 Å². The van der Waals surface area contributed by atoms with Gasteiger partial charge in [-0.3, -0.25) is 0 Å². The van der Waals surface area contributed by atoms with Gasteiger partial charge in [0.15, 0.2) is 0 Å². The topological polar surface area (TPSA) is 71.1 Å². The predicted octanol–water partition coefficient (Wildman–Crippen LogP) is 1.73. The number of nitrogens with two attached hydrogens (primary N) is 1. The number of nitrogens with one attached hydrogen (secondary N) is 1. The monoisotopic (exact) mass is 217 g/mol. The molecular formula is C12H15N3O. The van der Waals surface area contributed by atoms with E-state index in [0.29, 0.717) is 23.4 Å². The highest BCUT2D eigenvalue weighted by atomic mass is 16.5. The first-order valence-electron chi connectivity index (χ1n) is 5.32. The average Bonchev–Trinajstić information content (AvgIpc) is 2.25. The molecule has 0 spiro atoms. The van der Waals surface area contributed by atoms with Crippen LogP contribution in [0.2, 0.25) is 0 Å². The SMILES string of the molecule is COC1CC(Nc2cccc(C#N)c2N)C1. The number of nitrogens with zero attached hydrogens (tertiary/aromatic N) is 1. The van der Waals surface area contributed by atoms with E-state index >= 15 is 0 Å². The molecular weight excluding hydrogens is 202 g/mol. The first-order valence-corrected chi connectivity index (χ1v) is 5.32. The minimum Gasteiger partial charge on any atom is -0.396 e. The van der Waals surface area contributed by atoms with Crippen molar-refractivity contribution in [1.82, 2.24) is 0 Å². The Morgan fingerprint density at radius 2 is 2.25 bits per heavy atom. The number of hydrogen-bond donors (Lipinski definition) is 2. The summed E-state index contributed by atoms with van der Waals surface area (Å²) in [6, 6.07) is 7.94. The minimum absolute atomic E-state index is 0.359. The Hall–Kier alpha value is -1.73. The minimum atomic E-state index is 0.359. The molecule has 0 bridgehead atoms. The second-order valence-electron chi connectivity index (χ2n) is 4.05. The van der Waals surface area contributed by atoms with E-state index in [1.54, 1.807) is 13.2 Å². The van der Waals surface area contributed by atoms with Crippen molar-refractivity contribution in [3.63, 3.8) is 0 Å². The zero-order chi connectivity index (χ0) is 11.5. The van der Waals surface area contributed by atoms with Gasteiger partial charge in [0.1, 0.15) is 6.07 Å². The molecule has 1 saturated carbocycles. The standard InChI is InChI=1S/C12H15N3O/c1-16-10-5-9(6-10)15-11-4-2-3-8(7-13)12(11)14/h2-4,9-10,15H,5-6,14H2,1H3. The molecule has 0 heterocycles. The normalized spacial score (nSPS) is 23.2. The Kier molecular flexibility index (Phi) is 2.97. The number of benzene rings is 1. The summed E-state index contributed by atoms with van der Waals surface area (Å²) in [7, 11) is 1.73. The second-order valence-corrected chi connectivity index (χ2v) is 4.05. The smallest absolute Gasteiger partial charge is 0.101 e. The molecule has 4 nitrogen and oxygen atoms in total. The largest absolute Gasteiger partial charge is 0.396 e. The van der Waals surface area contributed by atoms with Gasteiger partial charge in [-0.25, -0.2) is 0 Å². The Balaban J connectivity index is 2.03. The number of hydrogen-bond acceptors (Lipinski definition) is 4. The molecule has 4 heteroatoms. The van der Waals surface area contributed by atoms with Gasteiger partial charge in [0, 0.05) is 13.2 Å². The molecule has 84 valence electrons. The maximum Gasteiger partial charge on any atom is 0.101 e. The van der Waals surface area contributed by atoms with Crippen LogP contribution in [-0.4, -0.2) is 19.3 Å². The van der Waals surface area contributed by atoms with E-state index in [4.69, 9.17) is 15.7 Å². The zero-order valence-electron chi connectivity index (χ0n) is 9.23. The maximum atomic E-state index is 8.85. The first-order chi connectivity index (χ1) is 7.74. The van der Waals surface area contributed by atoms with Crippen LogP contribution < -0.4 is 11.1 Å². The molecule has 2 rings (SSSR count). The van der Waals surface area contributed by atoms with Crippen LogP contribution in [0.1, 0.15) is 18.4 Å². The fourth-order valence-electron chi connectivity index (χ4n) is 1.88. The molecule has 3 N–H and O–H groups in total. The molecule has 0 radical (unpaired) electrons. The molecule has 1 aliphatic carbocycles. The number of methoxy groups -OCH3 is 1. The fourth-order valence-corrected chi connectivity index (χ4v) is 1.88. The van der Waals surface area contributed by atoms with E-state index in [-0.39, 0.29) is 0 Å². The van der Waals surface area contributed by atoms with Crippen molar-refractivity contribution in [2.45, 2.75) is 25.0 Å². The van der Waals surface area contributed by atoms with Crippen molar-refractivity contribution in [2.75, 3.05) is 18.2 Å². The summed E-state index contributed by atoms with van der Waals surface area (Å²) in [5.41, 5.74) is 7.77. The van der Waals surface area contributed by atoms with E-state index in [1.165, 1.54) is 0 Å². The molecule has 1 aromatic rings. The molecule has 1 aliphatic rings. The third kappa shape index (κ3) is 1.95. The zero-order valence-corrected chi connectivity index (χ0v) is 9.23. The van der Waals surface area contributed by atoms with Gasteiger partial charge in [-0.1, -0.05) is 6.07 Å². The summed E-state index contributed by atoms with van der Waals surface area (Å²) in [6.45, 7) is 0. The van der Waals surface area contributed by atoms with Gasteiger partial charge in [-0.15, -0.1) is 0 Å². The summed E-state index contributed by atoms with van der Waals surface area (Å²) in [5, 5.41) is 12.2. The Morgan fingerprint density at radius 3 is 2.88 bits per heavy atom. The van der Waals surface area contributed by atoms with Crippen LogP contribution in [-0.2, 0) is 4.74 Å². The molecule has 1 fully saturated rings. The Bertz CT molecular complexity index is 419. The Labute approximate surface area is 95.0 Å². The Morgan fingerprint density at radius 1 is 1.50 bits per heavy atom. The lowest BCUT2D eigenvalue weighted by Gasteiger charge is -2.35. The lowest BCUT2D eigenvalue weighted by molar-refractivity contribution is 0.0329. The molecule has 0 unspecified atom stereocenters. The number of rotatable bonds is 3. The summed E-state index contributed by atoms with van der Waals surface area (Å²) in [6.07, 6.45) is 2.34. The second kappa shape index (κ2) is 4.42. The summed E-state index contributed by atoms with van der Waals surface area (Å²) < 4.78 is 5.21.